The highest BCUT2D eigenvalue weighted by molar-refractivity contribution is 5.71. The van der Waals surface area contributed by atoms with Crippen LogP contribution >= 0.6 is 0 Å². The van der Waals surface area contributed by atoms with Gasteiger partial charge in [-0.05, 0) is 56.5 Å². The molecule has 1 aromatic carbocycles. The van der Waals surface area contributed by atoms with Gasteiger partial charge in [-0.2, -0.15) is 0 Å². The normalized spacial score (nSPS) is 15.8. The first-order valence-electron chi connectivity index (χ1n) is 8.90. The van der Waals surface area contributed by atoms with E-state index >= 15 is 0 Å². The molecule has 0 aromatic heterocycles. The molecule has 1 fully saturated rings. The van der Waals surface area contributed by atoms with Gasteiger partial charge in [0.15, 0.2) is 6.61 Å². The fourth-order valence-corrected chi connectivity index (χ4v) is 3.32. The maximum absolute atomic E-state index is 11.3. The molecule has 1 aliphatic heterocycles. The molecule has 0 radical (unpaired) electrons. The molecule has 0 amide bonds. The molecule has 1 heterocycles. The fourth-order valence-electron chi connectivity index (χ4n) is 3.32. The maximum atomic E-state index is 11.3. The quantitative estimate of drug-likeness (QED) is 0.579. The molecule has 0 spiro atoms. The summed E-state index contributed by atoms with van der Waals surface area (Å²) < 4.78 is 10.2. The Balaban J connectivity index is 1.86. The molecule has 0 atom stereocenters. The van der Waals surface area contributed by atoms with Crippen molar-refractivity contribution in [3.63, 3.8) is 0 Å². The van der Waals surface area contributed by atoms with E-state index in [1.165, 1.54) is 25.5 Å². The Labute approximate surface area is 151 Å². The van der Waals surface area contributed by atoms with E-state index in [0.717, 1.165) is 43.1 Å². The fraction of sp³-hybridized carbons (Fsp3) is 0.550. The minimum atomic E-state index is -0.368. The summed E-state index contributed by atoms with van der Waals surface area (Å²) >= 11 is 0. The average Bonchev–Trinajstić information content (AvgIpc) is 2.60. The Bertz CT molecular complexity index is 570. The van der Waals surface area contributed by atoms with Crippen molar-refractivity contribution in [3.05, 3.63) is 41.5 Å². The van der Waals surface area contributed by atoms with E-state index < -0.39 is 0 Å². The van der Waals surface area contributed by atoms with E-state index in [0.29, 0.717) is 6.04 Å². The number of methoxy groups -OCH3 is 1. The number of carbonyl (C=O) groups is 1. The first-order chi connectivity index (χ1) is 12.0. The van der Waals surface area contributed by atoms with Crippen LogP contribution in [0.1, 0.15) is 29.5 Å². The van der Waals surface area contributed by atoms with Crippen LogP contribution in [-0.2, 0) is 16.1 Å². The molecule has 0 unspecified atom stereocenters. The molecule has 1 saturated heterocycles. The summed E-state index contributed by atoms with van der Waals surface area (Å²) in [6.45, 7) is 11.9. The van der Waals surface area contributed by atoms with Crippen LogP contribution in [-0.4, -0.2) is 50.3 Å². The number of benzene rings is 1. The highest BCUT2D eigenvalue weighted by Crippen LogP contribution is 2.25. The third-order valence-corrected chi connectivity index (χ3v) is 4.65. The second-order valence-electron chi connectivity index (χ2n) is 6.67. The van der Waals surface area contributed by atoms with Crippen molar-refractivity contribution in [1.82, 2.24) is 10.2 Å². The van der Waals surface area contributed by atoms with Crippen LogP contribution in [0.2, 0.25) is 0 Å². The minimum absolute atomic E-state index is 0.0565. The van der Waals surface area contributed by atoms with Gasteiger partial charge in [-0.3, -0.25) is 4.90 Å². The highest BCUT2D eigenvalue weighted by atomic mass is 16.6. The van der Waals surface area contributed by atoms with Gasteiger partial charge in [0.05, 0.1) is 7.11 Å². The smallest absolute Gasteiger partial charge is 0.343 e. The Morgan fingerprint density at radius 2 is 1.96 bits per heavy atom. The molecule has 1 aliphatic rings. The van der Waals surface area contributed by atoms with E-state index in [2.05, 4.69) is 33.7 Å². The van der Waals surface area contributed by atoms with Crippen molar-refractivity contribution in [2.45, 2.75) is 39.3 Å². The first-order valence-corrected chi connectivity index (χ1v) is 8.90. The second kappa shape index (κ2) is 9.59. The van der Waals surface area contributed by atoms with Crippen LogP contribution < -0.4 is 10.1 Å². The highest BCUT2D eigenvalue weighted by Gasteiger charge is 2.18. The molecular formula is C20H30N2O3. The lowest BCUT2D eigenvalue weighted by molar-refractivity contribution is -0.142. The lowest BCUT2D eigenvalue weighted by Crippen LogP contribution is -2.42. The summed E-state index contributed by atoms with van der Waals surface area (Å²) in [5.41, 5.74) is 3.33. The third-order valence-electron chi connectivity index (χ3n) is 4.65. The summed E-state index contributed by atoms with van der Waals surface area (Å²) in [6.07, 6.45) is 4.32. The summed E-state index contributed by atoms with van der Waals surface area (Å²) in [5, 5.41) is 3.67. The van der Waals surface area contributed by atoms with Crippen molar-refractivity contribution in [3.8, 4) is 5.75 Å². The van der Waals surface area contributed by atoms with Crippen molar-refractivity contribution in [2.24, 2.45) is 0 Å². The average molecular weight is 346 g/mol. The molecule has 138 valence electrons. The molecular weight excluding hydrogens is 316 g/mol. The summed E-state index contributed by atoms with van der Waals surface area (Å²) in [4.78, 5) is 13.7. The van der Waals surface area contributed by atoms with Crippen LogP contribution in [0.15, 0.2) is 24.8 Å². The van der Waals surface area contributed by atoms with Gasteiger partial charge < -0.3 is 14.8 Å². The van der Waals surface area contributed by atoms with Crippen molar-refractivity contribution in [2.75, 3.05) is 33.4 Å². The number of hydrogen-bond acceptors (Lipinski definition) is 5. The largest absolute Gasteiger partial charge is 0.481 e. The van der Waals surface area contributed by atoms with Gasteiger partial charge in [-0.1, -0.05) is 18.2 Å². The van der Waals surface area contributed by atoms with Gasteiger partial charge in [0, 0.05) is 19.1 Å². The molecule has 5 nitrogen and oxygen atoms in total. The van der Waals surface area contributed by atoms with Crippen molar-refractivity contribution < 1.29 is 14.3 Å². The SMILES string of the molecule is C=CCN1CCC(NCc2cc(C)c(OCC(=O)OC)c(C)c2)CC1. The molecule has 5 heteroatoms. The third kappa shape index (κ3) is 5.87. The van der Waals surface area contributed by atoms with Gasteiger partial charge in [0.1, 0.15) is 5.75 Å². The maximum Gasteiger partial charge on any atom is 0.343 e. The number of rotatable bonds is 8. The number of esters is 1. The lowest BCUT2D eigenvalue weighted by Gasteiger charge is -2.31. The van der Waals surface area contributed by atoms with E-state index in [1.807, 2.05) is 19.9 Å². The predicted octanol–water partition coefficient (Wildman–Crippen LogP) is 2.60. The van der Waals surface area contributed by atoms with Crippen molar-refractivity contribution in [1.29, 1.82) is 0 Å². The van der Waals surface area contributed by atoms with Crippen molar-refractivity contribution >= 4 is 5.97 Å². The zero-order valence-corrected chi connectivity index (χ0v) is 15.6. The lowest BCUT2D eigenvalue weighted by atomic mass is 10.0. The number of likely N-dealkylation sites (tertiary alicyclic amines) is 1. The number of nitrogens with zero attached hydrogens (tertiary/aromatic N) is 1. The number of hydrogen-bond donors (Lipinski definition) is 1. The Morgan fingerprint density at radius 1 is 1.32 bits per heavy atom. The molecule has 0 bridgehead atoms. The zero-order chi connectivity index (χ0) is 18.2. The number of nitrogens with one attached hydrogen (secondary N) is 1. The van der Waals surface area contributed by atoms with E-state index in [9.17, 15) is 4.79 Å². The summed E-state index contributed by atoms with van der Waals surface area (Å²) in [7, 11) is 1.36. The van der Waals surface area contributed by atoms with Gasteiger partial charge in [-0.25, -0.2) is 4.79 Å². The number of piperidine rings is 1. The van der Waals surface area contributed by atoms with Crippen LogP contribution in [0.4, 0.5) is 0 Å². The van der Waals surface area contributed by atoms with E-state index in [4.69, 9.17) is 4.74 Å². The molecule has 0 aliphatic carbocycles. The van der Waals surface area contributed by atoms with Gasteiger partial charge in [0.2, 0.25) is 0 Å². The van der Waals surface area contributed by atoms with Gasteiger partial charge >= 0.3 is 5.97 Å². The second-order valence-corrected chi connectivity index (χ2v) is 6.67. The van der Waals surface area contributed by atoms with E-state index in [-0.39, 0.29) is 12.6 Å². The van der Waals surface area contributed by atoms with Gasteiger partial charge in [-0.15, -0.1) is 6.58 Å². The summed E-state index contributed by atoms with van der Waals surface area (Å²) in [6, 6.07) is 4.82. The first kappa shape index (κ1) is 19.5. The Kier molecular flexibility index (Phi) is 7.47. The topological polar surface area (TPSA) is 50.8 Å². The van der Waals surface area contributed by atoms with Crippen LogP contribution in [0.5, 0.6) is 5.75 Å². The molecule has 0 saturated carbocycles. The number of ether oxygens (including phenoxy) is 2. The summed E-state index contributed by atoms with van der Waals surface area (Å²) in [5.74, 6) is 0.402. The van der Waals surface area contributed by atoms with E-state index in [1.54, 1.807) is 0 Å². The molecule has 2 rings (SSSR count). The zero-order valence-electron chi connectivity index (χ0n) is 15.6. The molecule has 1 N–H and O–H groups in total. The van der Waals surface area contributed by atoms with Crippen LogP contribution in [0, 0.1) is 13.8 Å². The predicted molar refractivity (Wildman–Crippen MR) is 99.9 cm³/mol. The Morgan fingerprint density at radius 3 is 2.52 bits per heavy atom. The number of aryl methyl sites for hydroxylation is 2. The Hall–Kier alpha value is -1.85. The van der Waals surface area contributed by atoms with Crippen LogP contribution in [0.25, 0.3) is 0 Å². The van der Waals surface area contributed by atoms with Crippen LogP contribution in [0.3, 0.4) is 0 Å². The monoisotopic (exact) mass is 346 g/mol. The molecule has 1 aromatic rings. The van der Waals surface area contributed by atoms with Gasteiger partial charge in [0.25, 0.3) is 0 Å². The molecule has 25 heavy (non-hydrogen) atoms. The minimum Gasteiger partial charge on any atom is -0.481 e. The standard InChI is InChI=1S/C20H30N2O3/c1-5-8-22-9-6-18(7-10-22)21-13-17-11-15(2)20(16(3)12-17)25-14-19(23)24-4/h5,11-12,18,21H,1,6-10,13-14H2,2-4H3. The number of carbonyl (C=O) groups excluding carboxylic acids is 1.